The lowest BCUT2D eigenvalue weighted by molar-refractivity contribution is 0.0308. The lowest BCUT2D eigenvalue weighted by Gasteiger charge is -2.05. The number of carbonyl (C=O) groups excluding carboxylic acids is 2. The van der Waals surface area contributed by atoms with Crippen LogP contribution in [-0.2, 0) is 4.84 Å². The molecule has 0 fully saturated rings. The van der Waals surface area contributed by atoms with Gasteiger partial charge in [-0.1, -0.05) is 24.8 Å². The molecule has 4 heteroatoms. The van der Waals surface area contributed by atoms with Gasteiger partial charge in [0.2, 0.25) is 0 Å². The van der Waals surface area contributed by atoms with E-state index >= 15 is 0 Å². The minimum Gasteiger partial charge on any atom is -0.367 e. The Balaban J connectivity index is 3.11. The zero-order valence-electron chi connectivity index (χ0n) is 8.32. The molecule has 1 aromatic carbocycles. The Kier molecular flexibility index (Phi) is 3.76. The summed E-state index contributed by atoms with van der Waals surface area (Å²) in [6.45, 7) is 3.37. The smallest absolute Gasteiger partial charge is 0.357 e. The minimum atomic E-state index is -0.594. The summed E-state index contributed by atoms with van der Waals surface area (Å²) in [5.74, 6) is -0.901. The summed E-state index contributed by atoms with van der Waals surface area (Å²) in [6, 6.07) is 6.41. The van der Waals surface area contributed by atoms with E-state index in [0.717, 1.165) is 6.08 Å². The number of ketones is 1. The lowest BCUT2D eigenvalue weighted by atomic mass is 10.0. The van der Waals surface area contributed by atoms with E-state index in [9.17, 15) is 9.59 Å². The van der Waals surface area contributed by atoms with Crippen molar-refractivity contribution in [2.75, 3.05) is 7.05 Å². The van der Waals surface area contributed by atoms with Crippen molar-refractivity contribution in [3.63, 3.8) is 0 Å². The van der Waals surface area contributed by atoms with Gasteiger partial charge in [-0.3, -0.25) is 4.79 Å². The summed E-state index contributed by atoms with van der Waals surface area (Å²) in [7, 11) is 1.47. The van der Waals surface area contributed by atoms with Gasteiger partial charge in [-0.05, 0) is 12.1 Å². The van der Waals surface area contributed by atoms with Crippen LogP contribution in [0.1, 0.15) is 20.7 Å². The quantitative estimate of drug-likeness (QED) is 0.458. The molecule has 0 unspecified atom stereocenters. The van der Waals surface area contributed by atoms with E-state index in [-0.39, 0.29) is 16.9 Å². The highest BCUT2D eigenvalue weighted by Gasteiger charge is 2.15. The predicted molar refractivity (Wildman–Crippen MR) is 55.4 cm³/mol. The van der Waals surface area contributed by atoms with Crippen molar-refractivity contribution >= 4 is 11.8 Å². The number of allylic oxidation sites excluding steroid dienone is 1. The molecule has 0 amide bonds. The van der Waals surface area contributed by atoms with Crippen molar-refractivity contribution in [2.45, 2.75) is 0 Å². The Bertz CT molecular complexity index is 399. The molecule has 0 atom stereocenters. The van der Waals surface area contributed by atoms with Crippen LogP contribution in [0, 0.1) is 0 Å². The van der Waals surface area contributed by atoms with Crippen molar-refractivity contribution in [1.29, 1.82) is 0 Å². The first-order chi connectivity index (χ1) is 7.20. The fraction of sp³-hybridized carbons (Fsp3) is 0.0909. The molecule has 0 saturated carbocycles. The second-order valence-corrected chi connectivity index (χ2v) is 2.71. The Labute approximate surface area is 87.5 Å². The zero-order valence-corrected chi connectivity index (χ0v) is 8.32. The summed E-state index contributed by atoms with van der Waals surface area (Å²) in [6.07, 6.45) is 1.16. The summed E-state index contributed by atoms with van der Waals surface area (Å²) >= 11 is 0. The average Bonchev–Trinajstić information content (AvgIpc) is 2.28. The van der Waals surface area contributed by atoms with Gasteiger partial charge in [0.1, 0.15) is 0 Å². The molecule has 1 rings (SSSR count). The lowest BCUT2D eigenvalue weighted by Crippen LogP contribution is -2.17. The fourth-order valence-electron chi connectivity index (χ4n) is 1.13. The molecule has 0 saturated heterocycles. The van der Waals surface area contributed by atoms with Gasteiger partial charge in [-0.15, -0.1) is 0 Å². The van der Waals surface area contributed by atoms with Gasteiger partial charge >= 0.3 is 5.97 Å². The van der Waals surface area contributed by atoms with E-state index < -0.39 is 5.97 Å². The first-order valence-electron chi connectivity index (χ1n) is 4.34. The van der Waals surface area contributed by atoms with Crippen LogP contribution in [0.15, 0.2) is 36.9 Å². The molecule has 1 N–H and O–H groups in total. The van der Waals surface area contributed by atoms with Gasteiger partial charge in [0, 0.05) is 12.6 Å². The maximum absolute atomic E-state index is 11.4. The van der Waals surface area contributed by atoms with Crippen LogP contribution in [0.5, 0.6) is 0 Å². The first-order valence-corrected chi connectivity index (χ1v) is 4.34. The largest absolute Gasteiger partial charge is 0.367 e. The van der Waals surface area contributed by atoms with Gasteiger partial charge in [-0.2, -0.15) is 5.48 Å². The van der Waals surface area contributed by atoms with Gasteiger partial charge < -0.3 is 4.84 Å². The number of nitrogens with one attached hydrogen (secondary N) is 1. The maximum atomic E-state index is 11.4. The number of hydrogen-bond donors (Lipinski definition) is 1. The molecule has 0 heterocycles. The predicted octanol–water partition coefficient (Wildman–Crippen LogP) is 1.35. The Morgan fingerprint density at radius 3 is 2.47 bits per heavy atom. The maximum Gasteiger partial charge on any atom is 0.357 e. The van der Waals surface area contributed by atoms with Crippen LogP contribution >= 0.6 is 0 Å². The highest BCUT2D eigenvalue weighted by molar-refractivity contribution is 6.11. The van der Waals surface area contributed by atoms with E-state index in [1.165, 1.54) is 13.1 Å². The van der Waals surface area contributed by atoms with E-state index in [2.05, 4.69) is 16.9 Å². The fourth-order valence-corrected chi connectivity index (χ4v) is 1.13. The number of hydrogen-bond acceptors (Lipinski definition) is 4. The molecular weight excluding hydrogens is 194 g/mol. The monoisotopic (exact) mass is 205 g/mol. The van der Waals surface area contributed by atoms with E-state index in [1.807, 2.05) is 0 Å². The highest BCUT2D eigenvalue weighted by atomic mass is 16.7. The molecule has 0 aliphatic carbocycles. The van der Waals surface area contributed by atoms with Crippen LogP contribution in [0.3, 0.4) is 0 Å². The highest BCUT2D eigenvalue weighted by Crippen LogP contribution is 2.11. The number of benzene rings is 1. The van der Waals surface area contributed by atoms with Crippen molar-refractivity contribution in [3.8, 4) is 0 Å². The summed E-state index contributed by atoms with van der Waals surface area (Å²) in [5.41, 5.74) is 2.77. The molecule has 15 heavy (non-hydrogen) atoms. The molecule has 4 nitrogen and oxygen atoms in total. The van der Waals surface area contributed by atoms with Gasteiger partial charge in [0.25, 0.3) is 0 Å². The van der Waals surface area contributed by atoms with Crippen LogP contribution in [-0.4, -0.2) is 18.8 Å². The molecular formula is C11H11NO3. The summed E-state index contributed by atoms with van der Waals surface area (Å²) < 4.78 is 0. The van der Waals surface area contributed by atoms with E-state index in [1.54, 1.807) is 18.2 Å². The SMILES string of the molecule is C=CC(=O)c1ccccc1C(=O)ONC. The zero-order chi connectivity index (χ0) is 11.3. The van der Waals surface area contributed by atoms with Gasteiger partial charge in [0.05, 0.1) is 5.56 Å². The molecule has 0 aromatic heterocycles. The Hall–Kier alpha value is -1.94. The van der Waals surface area contributed by atoms with Gasteiger partial charge in [-0.25, -0.2) is 4.79 Å². The number of rotatable bonds is 4. The van der Waals surface area contributed by atoms with E-state index in [4.69, 9.17) is 0 Å². The molecule has 0 radical (unpaired) electrons. The van der Waals surface area contributed by atoms with Crippen LogP contribution < -0.4 is 5.48 Å². The molecule has 0 aliphatic heterocycles. The Morgan fingerprint density at radius 1 is 1.33 bits per heavy atom. The second kappa shape index (κ2) is 5.07. The molecule has 0 aliphatic rings. The van der Waals surface area contributed by atoms with Crippen molar-refractivity contribution < 1.29 is 14.4 Å². The first kappa shape index (κ1) is 11.1. The number of carbonyl (C=O) groups is 2. The standard InChI is InChI=1S/C11H11NO3/c1-3-10(13)8-6-4-5-7-9(8)11(14)15-12-2/h3-7,12H,1H2,2H3. The average molecular weight is 205 g/mol. The van der Waals surface area contributed by atoms with Crippen molar-refractivity contribution in [1.82, 2.24) is 5.48 Å². The summed E-state index contributed by atoms with van der Waals surface area (Å²) in [4.78, 5) is 27.4. The van der Waals surface area contributed by atoms with E-state index in [0.29, 0.717) is 0 Å². The minimum absolute atomic E-state index is 0.219. The molecule has 78 valence electrons. The normalized spacial score (nSPS) is 9.40. The van der Waals surface area contributed by atoms with Gasteiger partial charge in [0.15, 0.2) is 5.78 Å². The van der Waals surface area contributed by atoms with Crippen LogP contribution in [0.4, 0.5) is 0 Å². The van der Waals surface area contributed by atoms with Crippen molar-refractivity contribution in [2.24, 2.45) is 0 Å². The molecule has 0 bridgehead atoms. The topological polar surface area (TPSA) is 55.4 Å². The third kappa shape index (κ3) is 2.51. The van der Waals surface area contributed by atoms with Crippen molar-refractivity contribution in [3.05, 3.63) is 48.0 Å². The molecule has 1 aromatic rings. The summed E-state index contributed by atoms with van der Waals surface area (Å²) in [5, 5.41) is 0. The Morgan fingerprint density at radius 2 is 1.93 bits per heavy atom. The third-order valence-electron chi connectivity index (χ3n) is 1.79. The van der Waals surface area contributed by atoms with Crippen LogP contribution in [0.2, 0.25) is 0 Å². The molecule has 0 spiro atoms. The van der Waals surface area contributed by atoms with Crippen LogP contribution in [0.25, 0.3) is 0 Å². The second-order valence-electron chi connectivity index (χ2n) is 2.71. The number of hydroxylamine groups is 1. The third-order valence-corrected chi connectivity index (χ3v) is 1.79.